The van der Waals surface area contributed by atoms with E-state index >= 15 is 0 Å². The largest absolute Gasteiger partial charge is 0.624 e. The minimum atomic E-state index is -6.54. The van der Waals surface area contributed by atoms with E-state index in [4.69, 9.17) is 0 Å². The molecule has 0 unspecified atom stereocenters. The summed E-state index contributed by atoms with van der Waals surface area (Å²) in [7, 11) is -13.1. The Balaban J connectivity index is 4.28. The predicted octanol–water partition coefficient (Wildman–Crippen LogP) is 4.17. The molecular weight excluding hydrogens is 242 g/mol. The molecule has 0 rings (SSSR count). The van der Waals surface area contributed by atoms with E-state index in [1.54, 1.807) is 6.92 Å². The first kappa shape index (κ1) is 14.0. The highest BCUT2D eigenvalue weighted by Gasteiger charge is 2.64. The summed E-state index contributed by atoms with van der Waals surface area (Å²) >= 11 is 0. The van der Waals surface area contributed by atoms with Crippen molar-refractivity contribution in [3.63, 3.8) is 0 Å². The molecule has 0 saturated carbocycles. The van der Waals surface area contributed by atoms with Gasteiger partial charge in [0.25, 0.3) is 0 Å². The van der Waals surface area contributed by atoms with Gasteiger partial charge in [-0.15, -0.1) is 0 Å². The van der Waals surface area contributed by atoms with Gasteiger partial charge < -0.3 is 0 Å². The van der Waals surface area contributed by atoms with Crippen LogP contribution in [-0.4, -0.2) is 18.2 Å². The van der Waals surface area contributed by atoms with Crippen LogP contribution in [0.15, 0.2) is 0 Å². The number of hydrogen-bond donors (Lipinski definition) is 0. The molecule has 14 heavy (non-hydrogen) atoms. The second-order valence-electron chi connectivity index (χ2n) is 3.13. The Morgan fingerprint density at radius 3 is 1.57 bits per heavy atom. The van der Waals surface area contributed by atoms with Crippen LogP contribution in [-0.2, 0) is 0 Å². The van der Waals surface area contributed by atoms with Crippen molar-refractivity contribution in [3.8, 4) is 0 Å². The molecule has 0 saturated heterocycles. The van der Waals surface area contributed by atoms with Crippen LogP contribution in [0.2, 0.25) is 5.16 Å². The second-order valence-corrected chi connectivity index (χ2v) is 7.27. The monoisotopic (exact) mass is 254 g/mol. The van der Waals surface area contributed by atoms with E-state index in [0.717, 1.165) is 0 Å². The first-order chi connectivity index (χ1) is 6.19. The van der Waals surface area contributed by atoms with Crippen molar-refractivity contribution in [2.45, 2.75) is 37.8 Å². The van der Waals surface area contributed by atoms with Crippen molar-refractivity contribution in [2.75, 3.05) is 0 Å². The van der Waals surface area contributed by atoms with Crippen molar-refractivity contribution in [2.24, 2.45) is 0 Å². The SMILES string of the molecule is CCCCCC([Si](F)(F)F)[Si](F)(F)F. The molecule has 0 radical (unpaired) electrons. The van der Waals surface area contributed by atoms with E-state index in [2.05, 4.69) is 0 Å². The number of rotatable bonds is 6. The quantitative estimate of drug-likeness (QED) is 0.289. The second kappa shape index (κ2) is 5.20. The highest BCUT2D eigenvalue weighted by Crippen LogP contribution is 2.41. The van der Waals surface area contributed by atoms with Gasteiger partial charge in [-0.1, -0.05) is 26.2 Å². The van der Waals surface area contributed by atoms with E-state index in [0.29, 0.717) is 12.8 Å². The van der Waals surface area contributed by atoms with Gasteiger partial charge in [0.1, 0.15) is 5.16 Å². The minimum absolute atomic E-state index is 0.0280. The molecule has 8 heteroatoms. The van der Waals surface area contributed by atoms with Crippen LogP contribution >= 0.6 is 0 Å². The van der Waals surface area contributed by atoms with Gasteiger partial charge in [-0.2, -0.15) is 0 Å². The molecule has 0 nitrogen and oxygen atoms in total. The zero-order valence-corrected chi connectivity index (χ0v) is 9.67. The molecule has 0 N–H and O–H groups in total. The Hall–Kier alpha value is 0.0138. The fourth-order valence-corrected chi connectivity index (χ4v) is 3.66. The lowest BCUT2D eigenvalue weighted by atomic mass is 10.2. The summed E-state index contributed by atoms with van der Waals surface area (Å²) in [5.41, 5.74) is 0. The van der Waals surface area contributed by atoms with E-state index in [1.165, 1.54) is 0 Å². The van der Waals surface area contributed by atoms with Crippen molar-refractivity contribution >= 4 is 18.2 Å². The van der Waals surface area contributed by atoms with Crippen molar-refractivity contribution in [1.82, 2.24) is 0 Å². The van der Waals surface area contributed by atoms with Crippen LogP contribution in [0.4, 0.5) is 24.6 Å². The lowest BCUT2D eigenvalue weighted by Crippen LogP contribution is -2.39. The molecule has 0 aromatic rings. The summed E-state index contributed by atoms with van der Waals surface area (Å²) in [6, 6.07) is 0. The Labute approximate surface area is 81.4 Å². The van der Waals surface area contributed by atoms with Gasteiger partial charge >= 0.3 is 18.2 Å². The fourth-order valence-electron chi connectivity index (χ4n) is 1.11. The lowest BCUT2D eigenvalue weighted by molar-refractivity contribution is 0.386. The average Bonchev–Trinajstić information content (AvgIpc) is 1.92. The van der Waals surface area contributed by atoms with Crippen molar-refractivity contribution < 1.29 is 24.6 Å². The van der Waals surface area contributed by atoms with Gasteiger partial charge in [-0.3, -0.25) is 0 Å². The maximum absolute atomic E-state index is 12.1. The van der Waals surface area contributed by atoms with E-state index in [9.17, 15) is 24.6 Å². The van der Waals surface area contributed by atoms with Gasteiger partial charge in [0.05, 0.1) is 0 Å². The summed E-state index contributed by atoms with van der Waals surface area (Å²) in [6.45, 7) is 1.74. The van der Waals surface area contributed by atoms with Gasteiger partial charge in [0, 0.05) is 0 Å². The number of halogens is 6. The summed E-state index contributed by atoms with van der Waals surface area (Å²) in [5.74, 6) is 0. The Morgan fingerprint density at radius 1 is 0.857 bits per heavy atom. The lowest BCUT2D eigenvalue weighted by Gasteiger charge is -2.17. The maximum Gasteiger partial charge on any atom is 0.624 e. The Bertz CT molecular complexity index is 149. The summed E-state index contributed by atoms with van der Waals surface area (Å²) in [4.78, 5) is 0. The van der Waals surface area contributed by atoms with Gasteiger partial charge in [0.2, 0.25) is 0 Å². The highest BCUT2D eigenvalue weighted by molar-refractivity contribution is 6.80. The topological polar surface area (TPSA) is 0 Å². The van der Waals surface area contributed by atoms with E-state index in [-0.39, 0.29) is 6.42 Å². The van der Waals surface area contributed by atoms with Crippen LogP contribution in [0.3, 0.4) is 0 Å². The smallest absolute Gasteiger partial charge is 0.237 e. The average molecular weight is 254 g/mol. The van der Waals surface area contributed by atoms with Crippen LogP contribution < -0.4 is 0 Å². The molecule has 0 atom stereocenters. The zero-order valence-electron chi connectivity index (χ0n) is 7.67. The molecule has 0 aliphatic heterocycles. The van der Waals surface area contributed by atoms with Crippen molar-refractivity contribution in [3.05, 3.63) is 0 Å². The Kier molecular flexibility index (Phi) is 5.20. The first-order valence-electron chi connectivity index (χ1n) is 4.33. The molecule has 0 fully saturated rings. The normalized spacial score (nSPS) is 13.7. The molecule has 0 aromatic carbocycles. The minimum Gasteiger partial charge on any atom is -0.237 e. The maximum atomic E-state index is 12.1. The summed E-state index contributed by atoms with van der Waals surface area (Å²) < 4.78 is 72.6. The van der Waals surface area contributed by atoms with Crippen molar-refractivity contribution in [1.29, 1.82) is 0 Å². The molecule has 0 amide bonds. The third-order valence-corrected chi connectivity index (χ3v) is 6.01. The standard InChI is InChI=1S/C6H12F6Si2/c1-2-3-4-5-6(13(7,8)9)14(10,11)12/h6H,2-5H2,1H3. The highest BCUT2D eigenvalue weighted by atomic mass is 28.5. The van der Waals surface area contributed by atoms with Crippen LogP contribution in [0.5, 0.6) is 0 Å². The molecule has 0 aliphatic rings. The predicted molar refractivity (Wildman–Crippen MR) is 46.0 cm³/mol. The zero-order chi connectivity index (χ0) is 11.4. The molecular formula is C6H12F6Si2. The molecule has 0 aliphatic carbocycles. The summed E-state index contributed by atoms with van der Waals surface area (Å²) in [5, 5.41) is -2.89. The van der Waals surface area contributed by atoms with Crippen LogP contribution in [0.1, 0.15) is 32.6 Å². The Morgan fingerprint density at radius 2 is 1.29 bits per heavy atom. The first-order valence-corrected chi connectivity index (χ1v) is 7.75. The van der Waals surface area contributed by atoms with Crippen LogP contribution in [0.25, 0.3) is 0 Å². The molecule has 0 bridgehead atoms. The van der Waals surface area contributed by atoms with Gasteiger partial charge in [-0.05, 0) is 6.42 Å². The summed E-state index contributed by atoms with van der Waals surface area (Å²) in [6.07, 6.45) is 0.358. The molecule has 0 aromatic heterocycles. The third-order valence-electron chi connectivity index (χ3n) is 1.89. The number of hydrogen-bond acceptors (Lipinski definition) is 0. The van der Waals surface area contributed by atoms with Gasteiger partial charge in [-0.25, -0.2) is 24.6 Å². The van der Waals surface area contributed by atoms with Gasteiger partial charge in [0.15, 0.2) is 0 Å². The molecule has 0 heterocycles. The molecule has 86 valence electrons. The van der Waals surface area contributed by atoms with Crippen LogP contribution in [0, 0.1) is 0 Å². The van der Waals surface area contributed by atoms with E-state index in [1.807, 2.05) is 0 Å². The van der Waals surface area contributed by atoms with E-state index < -0.39 is 29.7 Å². The molecule has 0 spiro atoms. The number of unbranched alkanes of at least 4 members (excludes halogenated alkanes) is 2. The fraction of sp³-hybridized carbons (Fsp3) is 1.00. The third kappa shape index (κ3) is 5.03.